The molecule has 0 spiro atoms. The molecule has 0 atom stereocenters. The molecule has 0 aliphatic carbocycles. The maximum absolute atomic E-state index is 12.0. The summed E-state index contributed by atoms with van der Waals surface area (Å²) in [7, 11) is 0. The summed E-state index contributed by atoms with van der Waals surface area (Å²) >= 11 is 12.5. The predicted molar refractivity (Wildman–Crippen MR) is 139 cm³/mol. The van der Waals surface area contributed by atoms with Gasteiger partial charge in [-0.15, -0.1) is 0 Å². The van der Waals surface area contributed by atoms with Gasteiger partial charge in [-0.1, -0.05) is 35.3 Å². The number of carbonyl (C=O) groups is 1. The molecule has 2 aliphatic rings. The minimum Gasteiger partial charge on any atom is -0.465 e. The first-order valence-corrected chi connectivity index (χ1v) is 12.6. The molecular formula is C25H32Cl2N4O3. The third kappa shape index (κ3) is 6.27. The average Bonchev–Trinajstić information content (AvgIpc) is 2.86. The second-order valence-electron chi connectivity index (χ2n) is 8.66. The van der Waals surface area contributed by atoms with E-state index in [0.29, 0.717) is 29.8 Å². The van der Waals surface area contributed by atoms with Gasteiger partial charge in [-0.05, 0) is 49.7 Å². The molecule has 2 heterocycles. The van der Waals surface area contributed by atoms with E-state index in [0.717, 1.165) is 75.7 Å². The van der Waals surface area contributed by atoms with Crippen LogP contribution in [0.15, 0.2) is 42.5 Å². The Morgan fingerprint density at radius 3 is 2.41 bits per heavy atom. The minimum absolute atomic E-state index is 0.486. The number of nitrogens with zero attached hydrogens (tertiary/aromatic N) is 4. The van der Waals surface area contributed by atoms with Gasteiger partial charge >= 0.3 is 6.09 Å². The number of halogens is 2. The highest BCUT2D eigenvalue weighted by atomic mass is 35.5. The van der Waals surface area contributed by atoms with Gasteiger partial charge in [-0.2, -0.15) is 0 Å². The summed E-state index contributed by atoms with van der Waals surface area (Å²) in [6.07, 6.45) is 0.852. The number of rotatable bonds is 8. The van der Waals surface area contributed by atoms with Crippen molar-refractivity contribution in [2.75, 3.05) is 80.3 Å². The molecule has 0 saturated carbocycles. The molecule has 1 N–H and O–H groups in total. The van der Waals surface area contributed by atoms with Crippen LogP contribution >= 0.6 is 23.2 Å². The van der Waals surface area contributed by atoms with Gasteiger partial charge in [0.05, 0.1) is 28.9 Å². The Hall–Kier alpha value is -2.19. The van der Waals surface area contributed by atoms with Gasteiger partial charge in [0.15, 0.2) is 0 Å². The van der Waals surface area contributed by atoms with Gasteiger partial charge in [0.1, 0.15) is 0 Å². The lowest BCUT2D eigenvalue weighted by atomic mass is 10.2. The zero-order valence-corrected chi connectivity index (χ0v) is 20.8. The number of hydrogen-bond donors (Lipinski definition) is 1. The number of hydrogen-bond acceptors (Lipinski definition) is 5. The predicted octanol–water partition coefficient (Wildman–Crippen LogP) is 4.92. The number of benzene rings is 2. The Labute approximate surface area is 211 Å². The Bertz CT molecular complexity index is 963. The van der Waals surface area contributed by atoms with E-state index in [9.17, 15) is 9.90 Å². The zero-order valence-electron chi connectivity index (χ0n) is 19.3. The second kappa shape index (κ2) is 12.0. The minimum atomic E-state index is -0.911. The summed E-state index contributed by atoms with van der Waals surface area (Å²) in [5.41, 5.74) is 2.76. The molecular weight excluding hydrogens is 475 g/mol. The molecule has 2 saturated heterocycles. The quantitative estimate of drug-likeness (QED) is 0.513. The van der Waals surface area contributed by atoms with Crippen LogP contribution in [0.1, 0.15) is 12.8 Å². The topological polar surface area (TPSA) is 59.5 Å². The Kier molecular flexibility index (Phi) is 8.78. The van der Waals surface area contributed by atoms with Crippen molar-refractivity contribution >= 4 is 46.4 Å². The Balaban J connectivity index is 1.24. The van der Waals surface area contributed by atoms with Crippen LogP contribution in [0.3, 0.4) is 0 Å². The first kappa shape index (κ1) is 24.9. The fraction of sp³-hybridized carbons (Fsp3) is 0.480. The Morgan fingerprint density at radius 2 is 1.68 bits per heavy atom. The third-order valence-corrected chi connectivity index (χ3v) is 7.31. The second-order valence-corrected chi connectivity index (χ2v) is 9.45. The first-order chi connectivity index (χ1) is 16.5. The SMILES string of the molecule is O=C(O)N(CCCCN1CCN(c2cccc(Cl)c2Cl)CC1)c1cccc(N2CCOCC2)c1. The fourth-order valence-electron chi connectivity index (χ4n) is 4.57. The van der Waals surface area contributed by atoms with E-state index < -0.39 is 6.09 Å². The number of amides is 1. The summed E-state index contributed by atoms with van der Waals surface area (Å²) in [4.78, 5) is 20.4. The van der Waals surface area contributed by atoms with Gasteiger partial charge in [-0.3, -0.25) is 9.80 Å². The zero-order chi connectivity index (χ0) is 23.9. The lowest BCUT2D eigenvalue weighted by Crippen LogP contribution is -2.46. The van der Waals surface area contributed by atoms with E-state index >= 15 is 0 Å². The highest BCUT2D eigenvalue weighted by Crippen LogP contribution is 2.33. The lowest BCUT2D eigenvalue weighted by Gasteiger charge is -2.36. The Morgan fingerprint density at radius 1 is 0.941 bits per heavy atom. The number of morpholine rings is 1. The van der Waals surface area contributed by atoms with Gasteiger partial charge in [0, 0.05) is 57.2 Å². The van der Waals surface area contributed by atoms with Crippen molar-refractivity contribution in [3.8, 4) is 0 Å². The molecule has 1 amide bonds. The van der Waals surface area contributed by atoms with Crippen LogP contribution in [0.4, 0.5) is 21.9 Å². The molecule has 0 radical (unpaired) electrons. The van der Waals surface area contributed by atoms with E-state index in [1.165, 1.54) is 4.90 Å². The number of piperazine rings is 1. The standard InChI is InChI=1S/C25H32Cl2N4O3/c26-22-7-4-8-23(24(22)27)30-13-11-28(12-14-30)9-1-2-10-31(25(32)33)21-6-3-5-20(19-21)29-15-17-34-18-16-29/h3-8,19H,1-2,9-18H2,(H,32,33). The van der Waals surface area contributed by atoms with Crippen LogP contribution in [0, 0.1) is 0 Å². The molecule has 4 rings (SSSR count). The molecule has 2 aliphatic heterocycles. The van der Waals surface area contributed by atoms with E-state index in [2.05, 4.69) is 14.7 Å². The molecule has 2 aromatic carbocycles. The van der Waals surface area contributed by atoms with E-state index in [4.69, 9.17) is 27.9 Å². The van der Waals surface area contributed by atoms with Crippen molar-refractivity contribution in [2.24, 2.45) is 0 Å². The van der Waals surface area contributed by atoms with Crippen molar-refractivity contribution in [1.29, 1.82) is 0 Å². The maximum Gasteiger partial charge on any atom is 0.411 e. The summed E-state index contributed by atoms with van der Waals surface area (Å²) in [5, 5.41) is 11.0. The first-order valence-electron chi connectivity index (χ1n) is 11.9. The molecule has 2 aromatic rings. The molecule has 184 valence electrons. The molecule has 0 aromatic heterocycles. The number of anilines is 3. The molecule has 34 heavy (non-hydrogen) atoms. The van der Waals surface area contributed by atoms with Crippen molar-refractivity contribution in [1.82, 2.24) is 4.90 Å². The van der Waals surface area contributed by atoms with Crippen LogP contribution < -0.4 is 14.7 Å². The summed E-state index contributed by atoms with van der Waals surface area (Å²) < 4.78 is 5.43. The normalized spacial score (nSPS) is 17.1. The fourth-order valence-corrected chi connectivity index (χ4v) is 4.98. The monoisotopic (exact) mass is 506 g/mol. The highest BCUT2D eigenvalue weighted by molar-refractivity contribution is 6.43. The van der Waals surface area contributed by atoms with Crippen molar-refractivity contribution in [3.05, 3.63) is 52.5 Å². The molecule has 0 unspecified atom stereocenters. The van der Waals surface area contributed by atoms with Crippen molar-refractivity contribution < 1.29 is 14.6 Å². The third-order valence-electron chi connectivity index (χ3n) is 6.50. The molecule has 7 nitrogen and oxygen atoms in total. The average molecular weight is 507 g/mol. The van der Waals surface area contributed by atoms with Crippen LogP contribution in [0.5, 0.6) is 0 Å². The highest BCUT2D eigenvalue weighted by Gasteiger charge is 2.20. The summed E-state index contributed by atoms with van der Waals surface area (Å²) in [5.74, 6) is 0. The smallest absolute Gasteiger partial charge is 0.411 e. The number of ether oxygens (including phenoxy) is 1. The van der Waals surface area contributed by atoms with Crippen molar-refractivity contribution in [3.63, 3.8) is 0 Å². The number of carboxylic acid groups (broad SMARTS) is 1. The van der Waals surface area contributed by atoms with Crippen LogP contribution in [0.25, 0.3) is 0 Å². The maximum atomic E-state index is 12.0. The van der Waals surface area contributed by atoms with Gasteiger partial charge in [-0.25, -0.2) is 4.79 Å². The van der Waals surface area contributed by atoms with Crippen molar-refractivity contribution in [2.45, 2.75) is 12.8 Å². The summed E-state index contributed by atoms with van der Waals surface area (Å²) in [6, 6.07) is 13.6. The number of unbranched alkanes of at least 4 members (excludes halogenated alkanes) is 1. The van der Waals surface area contributed by atoms with E-state index in [1.807, 2.05) is 42.5 Å². The molecule has 9 heteroatoms. The molecule has 2 fully saturated rings. The van der Waals surface area contributed by atoms with Crippen LogP contribution in [0.2, 0.25) is 10.0 Å². The van der Waals surface area contributed by atoms with Gasteiger partial charge < -0.3 is 19.6 Å². The van der Waals surface area contributed by atoms with E-state index in [1.54, 1.807) is 0 Å². The largest absolute Gasteiger partial charge is 0.465 e. The summed E-state index contributed by atoms with van der Waals surface area (Å²) in [6.45, 7) is 8.20. The van der Waals surface area contributed by atoms with E-state index in [-0.39, 0.29) is 0 Å². The van der Waals surface area contributed by atoms with Gasteiger partial charge in [0.2, 0.25) is 0 Å². The van der Waals surface area contributed by atoms with Gasteiger partial charge in [0.25, 0.3) is 0 Å². The molecule has 0 bridgehead atoms. The van der Waals surface area contributed by atoms with Crippen LogP contribution in [-0.4, -0.2) is 81.7 Å². The lowest BCUT2D eigenvalue weighted by molar-refractivity contribution is 0.122. The van der Waals surface area contributed by atoms with Crippen LogP contribution in [-0.2, 0) is 4.74 Å².